The molecule has 1 heterocycles. The summed E-state index contributed by atoms with van der Waals surface area (Å²) in [7, 11) is -3.91. The van der Waals surface area contributed by atoms with Gasteiger partial charge in [0.2, 0.25) is 10.0 Å². The van der Waals surface area contributed by atoms with Crippen molar-refractivity contribution in [2.24, 2.45) is 10.6 Å². The van der Waals surface area contributed by atoms with Crippen LogP contribution >= 0.6 is 0 Å². The Hall–Kier alpha value is -2.40. The summed E-state index contributed by atoms with van der Waals surface area (Å²) in [5, 5.41) is 8.63. The zero-order valence-corrected chi connectivity index (χ0v) is 16.3. The standard InChI is InChI=1S/C17H20F3N3O4S/c1-16(2,3)10-27-14-13(8-22-23(15(14)24)9-17(18,19)20)11-4-6-12(7-5-11)28(21,25)26/h4-8H,9-10H2,1-3H3,(H2,21,25,26). The topological polar surface area (TPSA) is 104 Å². The molecule has 0 radical (unpaired) electrons. The van der Waals surface area contributed by atoms with Crippen LogP contribution in [-0.2, 0) is 16.6 Å². The van der Waals surface area contributed by atoms with E-state index >= 15 is 0 Å². The Bertz CT molecular complexity index is 1010. The van der Waals surface area contributed by atoms with Crippen molar-refractivity contribution in [2.45, 2.75) is 38.4 Å². The first-order valence-corrected chi connectivity index (χ1v) is 9.65. The number of halogens is 3. The summed E-state index contributed by atoms with van der Waals surface area (Å²) < 4.78 is 66.7. The molecule has 1 aromatic heterocycles. The van der Waals surface area contributed by atoms with E-state index in [1.807, 2.05) is 20.8 Å². The van der Waals surface area contributed by atoms with Crippen molar-refractivity contribution < 1.29 is 26.3 Å². The number of ether oxygens (including phenoxy) is 1. The minimum atomic E-state index is -4.63. The Morgan fingerprint density at radius 2 is 1.71 bits per heavy atom. The third kappa shape index (κ3) is 5.80. The zero-order valence-electron chi connectivity index (χ0n) is 15.4. The molecule has 0 saturated carbocycles. The zero-order chi connectivity index (χ0) is 21.3. The van der Waals surface area contributed by atoms with Gasteiger partial charge in [-0.25, -0.2) is 18.2 Å². The molecule has 0 aliphatic rings. The van der Waals surface area contributed by atoms with E-state index in [0.29, 0.717) is 5.56 Å². The van der Waals surface area contributed by atoms with E-state index in [-0.39, 0.29) is 32.9 Å². The number of nitrogens with zero attached hydrogens (tertiary/aromatic N) is 2. The van der Waals surface area contributed by atoms with Gasteiger partial charge in [0, 0.05) is 5.56 Å². The van der Waals surface area contributed by atoms with E-state index in [2.05, 4.69) is 5.10 Å². The van der Waals surface area contributed by atoms with Crippen LogP contribution in [-0.4, -0.2) is 31.0 Å². The quantitative estimate of drug-likeness (QED) is 0.802. The molecule has 2 N–H and O–H groups in total. The molecule has 1 aromatic carbocycles. The molecule has 2 rings (SSSR count). The summed E-state index contributed by atoms with van der Waals surface area (Å²) in [6.07, 6.45) is -3.55. The van der Waals surface area contributed by atoms with Gasteiger partial charge in [-0.2, -0.15) is 18.3 Å². The van der Waals surface area contributed by atoms with Crippen molar-refractivity contribution in [1.29, 1.82) is 0 Å². The predicted molar refractivity (Wildman–Crippen MR) is 96.3 cm³/mol. The summed E-state index contributed by atoms with van der Waals surface area (Å²) >= 11 is 0. The molecule has 7 nitrogen and oxygen atoms in total. The molecule has 0 aliphatic heterocycles. The largest absolute Gasteiger partial charge is 0.487 e. The number of benzene rings is 1. The Morgan fingerprint density at radius 3 is 2.18 bits per heavy atom. The first-order valence-electron chi connectivity index (χ1n) is 8.10. The van der Waals surface area contributed by atoms with E-state index in [4.69, 9.17) is 9.88 Å². The van der Waals surface area contributed by atoms with Crippen molar-refractivity contribution in [3.05, 3.63) is 40.8 Å². The van der Waals surface area contributed by atoms with Crippen molar-refractivity contribution in [1.82, 2.24) is 9.78 Å². The van der Waals surface area contributed by atoms with Gasteiger partial charge in [0.05, 0.1) is 17.7 Å². The monoisotopic (exact) mass is 419 g/mol. The van der Waals surface area contributed by atoms with Gasteiger partial charge in [-0.15, -0.1) is 0 Å². The Labute approximate surface area is 160 Å². The summed E-state index contributed by atoms with van der Waals surface area (Å²) in [4.78, 5) is 12.4. The maximum absolute atomic E-state index is 12.7. The molecule has 11 heteroatoms. The van der Waals surface area contributed by atoms with Crippen LogP contribution in [0.4, 0.5) is 13.2 Å². The van der Waals surface area contributed by atoms with Crippen LogP contribution < -0.4 is 15.4 Å². The Kier molecular flexibility index (Phi) is 5.90. The van der Waals surface area contributed by atoms with Crippen LogP contribution in [0.25, 0.3) is 11.1 Å². The van der Waals surface area contributed by atoms with Crippen LogP contribution in [0.3, 0.4) is 0 Å². The SMILES string of the molecule is CC(C)(C)COc1c(-c2ccc(S(N)(=O)=O)cc2)cnn(CC(F)(F)F)c1=O. The van der Waals surface area contributed by atoms with Gasteiger partial charge in [-0.3, -0.25) is 4.79 Å². The Morgan fingerprint density at radius 1 is 1.14 bits per heavy atom. The third-order valence-corrected chi connectivity index (χ3v) is 4.40. The van der Waals surface area contributed by atoms with Gasteiger partial charge in [0.25, 0.3) is 0 Å². The van der Waals surface area contributed by atoms with E-state index in [0.717, 1.165) is 6.20 Å². The molecule has 0 spiro atoms. The molecule has 0 saturated heterocycles. The van der Waals surface area contributed by atoms with Crippen molar-refractivity contribution in [3.8, 4) is 16.9 Å². The molecule has 0 fully saturated rings. The van der Waals surface area contributed by atoms with Crippen LogP contribution in [0.1, 0.15) is 20.8 Å². The maximum Gasteiger partial charge on any atom is 0.408 e. The number of sulfonamides is 1. The number of nitrogens with two attached hydrogens (primary N) is 1. The second-order valence-corrected chi connectivity index (χ2v) is 8.95. The predicted octanol–water partition coefficient (Wildman–Crippen LogP) is 2.54. The highest BCUT2D eigenvalue weighted by Gasteiger charge is 2.30. The van der Waals surface area contributed by atoms with Gasteiger partial charge in [0.1, 0.15) is 6.54 Å². The van der Waals surface area contributed by atoms with Gasteiger partial charge >= 0.3 is 11.7 Å². The molecule has 0 aliphatic carbocycles. The van der Waals surface area contributed by atoms with Gasteiger partial charge < -0.3 is 4.74 Å². The van der Waals surface area contributed by atoms with Crippen LogP contribution in [0, 0.1) is 5.41 Å². The first-order chi connectivity index (χ1) is 12.7. The maximum atomic E-state index is 12.7. The molecule has 0 bridgehead atoms. The van der Waals surface area contributed by atoms with Crippen LogP contribution in [0.2, 0.25) is 0 Å². The van der Waals surface area contributed by atoms with E-state index in [1.54, 1.807) is 0 Å². The van der Waals surface area contributed by atoms with Gasteiger partial charge in [0.15, 0.2) is 5.75 Å². The van der Waals surface area contributed by atoms with Gasteiger partial charge in [-0.1, -0.05) is 32.9 Å². The van der Waals surface area contributed by atoms with Crippen molar-refractivity contribution >= 4 is 10.0 Å². The highest BCUT2D eigenvalue weighted by atomic mass is 32.2. The molecule has 154 valence electrons. The second kappa shape index (κ2) is 7.55. The van der Waals surface area contributed by atoms with Crippen molar-refractivity contribution in [2.75, 3.05) is 6.61 Å². The lowest BCUT2D eigenvalue weighted by molar-refractivity contribution is -0.143. The molecule has 2 aromatic rings. The molecular formula is C17H20F3N3O4S. The smallest absolute Gasteiger partial charge is 0.408 e. The third-order valence-electron chi connectivity index (χ3n) is 3.47. The number of hydrogen-bond donors (Lipinski definition) is 1. The fraction of sp³-hybridized carbons (Fsp3) is 0.412. The number of aromatic nitrogens is 2. The Balaban J connectivity index is 2.56. The summed E-state index contributed by atoms with van der Waals surface area (Å²) in [6, 6.07) is 5.18. The average molecular weight is 419 g/mol. The summed E-state index contributed by atoms with van der Waals surface area (Å²) in [5.74, 6) is -0.294. The van der Waals surface area contributed by atoms with Crippen LogP contribution in [0.5, 0.6) is 5.75 Å². The lowest BCUT2D eigenvalue weighted by Crippen LogP contribution is -2.32. The lowest BCUT2D eigenvalue weighted by atomic mass is 9.98. The molecule has 0 unspecified atom stereocenters. The molecular weight excluding hydrogens is 399 g/mol. The second-order valence-electron chi connectivity index (χ2n) is 7.38. The minimum Gasteiger partial charge on any atom is -0.487 e. The van der Waals surface area contributed by atoms with Gasteiger partial charge in [-0.05, 0) is 23.1 Å². The highest BCUT2D eigenvalue weighted by Crippen LogP contribution is 2.29. The fourth-order valence-electron chi connectivity index (χ4n) is 2.21. The molecule has 0 amide bonds. The molecule has 28 heavy (non-hydrogen) atoms. The van der Waals surface area contributed by atoms with E-state index in [1.165, 1.54) is 24.3 Å². The fourth-order valence-corrected chi connectivity index (χ4v) is 2.73. The summed E-state index contributed by atoms with van der Waals surface area (Å²) in [6.45, 7) is 4.03. The summed E-state index contributed by atoms with van der Waals surface area (Å²) in [5.41, 5.74) is -0.900. The lowest BCUT2D eigenvalue weighted by Gasteiger charge is -2.20. The van der Waals surface area contributed by atoms with Crippen LogP contribution in [0.15, 0.2) is 40.2 Å². The number of alkyl halides is 3. The number of hydrogen-bond acceptors (Lipinski definition) is 5. The first kappa shape index (κ1) is 21.9. The highest BCUT2D eigenvalue weighted by molar-refractivity contribution is 7.89. The van der Waals surface area contributed by atoms with E-state index < -0.39 is 28.3 Å². The minimum absolute atomic E-state index is 0.0700. The number of rotatable bonds is 5. The molecule has 0 atom stereocenters. The average Bonchev–Trinajstić information content (AvgIpc) is 2.53. The van der Waals surface area contributed by atoms with Crippen molar-refractivity contribution in [3.63, 3.8) is 0 Å². The normalized spacial score (nSPS) is 12.8. The van der Waals surface area contributed by atoms with E-state index in [9.17, 15) is 26.4 Å². The number of primary sulfonamides is 1.